The second kappa shape index (κ2) is 3.05. The van der Waals surface area contributed by atoms with Crippen LogP contribution in [0.5, 0.6) is 0 Å². The minimum atomic E-state index is -0.431. The number of benzene rings is 1. The van der Waals surface area contributed by atoms with Crippen LogP contribution in [-0.4, -0.2) is 13.1 Å². The summed E-state index contributed by atoms with van der Waals surface area (Å²) in [6.45, 7) is 0. The van der Waals surface area contributed by atoms with Crippen LogP contribution in [0.15, 0.2) is 18.2 Å². The molecule has 0 spiro atoms. The molecule has 0 aliphatic rings. The lowest BCUT2D eigenvalue weighted by Crippen LogP contribution is -2.04. The van der Waals surface area contributed by atoms with E-state index in [2.05, 4.69) is 10.8 Å². The van der Waals surface area contributed by atoms with E-state index in [-0.39, 0.29) is 0 Å². The van der Waals surface area contributed by atoms with Gasteiger partial charge in [0.1, 0.15) is 0 Å². The Labute approximate surface area is 64.8 Å². The molecule has 0 fully saturated rings. The van der Waals surface area contributed by atoms with Crippen LogP contribution >= 0.6 is 0 Å². The van der Waals surface area contributed by atoms with Crippen LogP contribution in [0.1, 0.15) is 10.4 Å². The second-order valence-corrected chi connectivity index (χ2v) is 1.99. The Hall–Kier alpha value is -1.51. The average molecular weight is 150 g/mol. The lowest BCUT2D eigenvalue weighted by Gasteiger charge is -2.00. The van der Waals surface area contributed by atoms with Crippen molar-refractivity contribution in [3.05, 3.63) is 29.8 Å². The molecule has 0 saturated heterocycles. The van der Waals surface area contributed by atoms with Gasteiger partial charge in [-0.15, -0.1) is 0 Å². The summed E-state index contributed by atoms with van der Waals surface area (Å²) in [6, 6.07) is 7.61. The number of anilines is 1. The largest absolute Gasteiger partial charge is 0.465 e. The summed E-state index contributed by atoms with van der Waals surface area (Å²) >= 11 is 0. The van der Waals surface area contributed by atoms with Crippen LogP contribution in [0, 0.1) is 6.07 Å². The van der Waals surface area contributed by atoms with Crippen molar-refractivity contribution in [3.8, 4) is 0 Å². The molecule has 3 heteroatoms. The predicted octanol–water partition coefficient (Wildman–Crippen LogP) is 0.856. The van der Waals surface area contributed by atoms with Crippen molar-refractivity contribution in [2.75, 3.05) is 12.8 Å². The Bertz CT molecular complexity index is 271. The van der Waals surface area contributed by atoms with E-state index in [0.29, 0.717) is 11.3 Å². The molecule has 11 heavy (non-hydrogen) atoms. The Morgan fingerprint density at radius 1 is 1.73 bits per heavy atom. The topological polar surface area (TPSA) is 52.3 Å². The first kappa shape index (κ1) is 7.60. The van der Waals surface area contributed by atoms with E-state index in [4.69, 9.17) is 5.73 Å². The monoisotopic (exact) mass is 150 g/mol. The fourth-order valence-electron chi connectivity index (χ4n) is 0.738. The van der Waals surface area contributed by atoms with Gasteiger partial charge in [0.25, 0.3) is 0 Å². The second-order valence-electron chi connectivity index (χ2n) is 1.99. The van der Waals surface area contributed by atoms with Gasteiger partial charge in [-0.1, -0.05) is 12.1 Å². The smallest absolute Gasteiger partial charge is 0.339 e. The number of hydrogen-bond donors (Lipinski definition) is 1. The summed E-state index contributed by atoms with van der Waals surface area (Å²) in [5.74, 6) is -0.431. The molecule has 0 aliphatic carbocycles. The summed E-state index contributed by atoms with van der Waals surface area (Å²) in [7, 11) is 1.31. The van der Waals surface area contributed by atoms with E-state index < -0.39 is 5.97 Å². The van der Waals surface area contributed by atoms with Gasteiger partial charge in [0.05, 0.1) is 18.4 Å². The maximum atomic E-state index is 10.9. The molecule has 0 aliphatic heterocycles. The van der Waals surface area contributed by atoms with Gasteiger partial charge in [-0.3, -0.25) is 0 Å². The molecular formula is C8H8NO2. The van der Waals surface area contributed by atoms with Crippen LogP contribution in [0.4, 0.5) is 5.69 Å². The Balaban J connectivity index is 3.03. The molecule has 1 aromatic rings. The first-order valence-electron chi connectivity index (χ1n) is 3.10. The van der Waals surface area contributed by atoms with E-state index in [1.54, 1.807) is 18.2 Å². The van der Waals surface area contributed by atoms with Gasteiger partial charge in [0, 0.05) is 6.07 Å². The molecular weight excluding hydrogens is 142 g/mol. The van der Waals surface area contributed by atoms with Gasteiger partial charge in [0.15, 0.2) is 0 Å². The highest BCUT2D eigenvalue weighted by atomic mass is 16.5. The lowest BCUT2D eigenvalue weighted by atomic mass is 10.2. The number of nitrogen functional groups attached to an aromatic ring is 1. The highest BCUT2D eigenvalue weighted by Gasteiger charge is 2.07. The van der Waals surface area contributed by atoms with Crippen molar-refractivity contribution in [1.82, 2.24) is 0 Å². The number of carbonyl (C=O) groups is 1. The SMILES string of the molecule is COC(=O)c1ccc[c]c1N. The molecule has 0 unspecified atom stereocenters. The third-order valence-corrected chi connectivity index (χ3v) is 1.29. The van der Waals surface area contributed by atoms with Gasteiger partial charge in [-0.05, 0) is 6.07 Å². The molecule has 0 heterocycles. The third-order valence-electron chi connectivity index (χ3n) is 1.29. The van der Waals surface area contributed by atoms with Gasteiger partial charge in [0.2, 0.25) is 0 Å². The molecule has 0 aromatic heterocycles. The predicted molar refractivity (Wildman–Crippen MR) is 41.0 cm³/mol. The standard InChI is InChI=1S/C8H8NO2/c1-11-8(10)6-4-2-3-5-7(6)9/h2-4H,9H2,1H3. The van der Waals surface area contributed by atoms with Gasteiger partial charge in [-0.25, -0.2) is 4.79 Å². The normalized spacial score (nSPS) is 9.18. The summed E-state index contributed by atoms with van der Waals surface area (Å²) in [6.07, 6.45) is 0. The summed E-state index contributed by atoms with van der Waals surface area (Å²) in [5.41, 5.74) is 6.12. The molecule has 3 nitrogen and oxygen atoms in total. The first-order valence-corrected chi connectivity index (χ1v) is 3.10. The highest BCUT2D eigenvalue weighted by molar-refractivity contribution is 5.94. The maximum Gasteiger partial charge on any atom is 0.339 e. The van der Waals surface area contributed by atoms with Gasteiger partial charge in [-0.2, -0.15) is 0 Å². The quantitative estimate of drug-likeness (QED) is 0.477. The number of ether oxygens (including phenoxy) is 1. The van der Waals surface area contributed by atoms with Gasteiger partial charge < -0.3 is 10.5 Å². The lowest BCUT2D eigenvalue weighted by molar-refractivity contribution is 0.0602. The van der Waals surface area contributed by atoms with E-state index in [9.17, 15) is 4.79 Å². The zero-order valence-electron chi connectivity index (χ0n) is 6.13. The van der Waals surface area contributed by atoms with Crippen LogP contribution in [0.25, 0.3) is 0 Å². The van der Waals surface area contributed by atoms with Crippen molar-refractivity contribution in [3.63, 3.8) is 0 Å². The van der Waals surface area contributed by atoms with Crippen molar-refractivity contribution in [1.29, 1.82) is 0 Å². The summed E-state index contributed by atoms with van der Waals surface area (Å²) in [4.78, 5) is 10.9. The molecule has 2 N–H and O–H groups in total. The number of nitrogens with two attached hydrogens (primary N) is 1. The number of methoxy groups -OCH3 is 1. The van der Waals surface area contributed by atoms with E-state index in [0.717, 1.165) is 0 Å². The summed E-state index contributed by atoms with van der Waals surface area (Å²) < 4.78 is 4.48. The van der Waals surface area contributed by atoms with E-state index in [1.165, 1.54) is 7.11 Å². The number of rotatable bonds is 1. The molecule has 1 aromatic carbocycles. The molecule has 0 amide bonds. The van der Waals surface area contributed by atoms with Crippen LogP contribution in [0.3, 0.4) is 0 Å². The zero-order valence-corrected chi connectivity index (χ0v) is 6.13. The van der Waals surface area contributed by atoms with Gasteiger partial charge >= 0.3 is 5.97 Å². The van der Waals surface area contributed by atoms with Crippen molar-refractivity contribution in [2.45, 2.75) is 0 Å². The Morgan fingerprint density at radius 3 is 3.00 bits per heavy atom. The molecule has 0 saturated carbocycles. The van der Waals surface area contributed by atoms with E-state index in [1.807, 2.05) is 0 Å². The Morgan fingerprint density at radius 2 is 2.45 bits per heavy atom. The third kappa shape index (κ3) is 1.49. The number of hydrogen-bond acceptors (Lipinski definition) is 3. The highest BCUT2D eigenvalue weighted by Crippen LogP contribution is 2.09. The zero-order chi connectivity index (χ0) is 8.27. The fourth-order valence-corrected chi connectivity index (χ4v) is 0.738. The molecule has 0 atom stereocenters. The summed E-state index contributed by atoms with van der Waals surface area (Å²) in [5, 5.41) is 0. The number of para-hydroxylation sites is 1. The van der Waals surface area contributed by atoms with Crippen molar-refractivity contribution < 1.29 is 9.53 Å². The minimum Gasteiger partial charge on any atom is -0.465 e. The van der Waals surface area contributed by atoms with Crippen molar-refractivity contribution >= 4 is 11.7 Å². The minimum absolute atomic E-state index is 0.319. The molecule has 1 rings (SSSR count). The van der Waals surface area contributed by atoms with E-state index >= 15 is 0 Å². The number of esters is 1. The average Bonchev–Trinajstić information content (AvgIpc) is 2.04. The maximum absolute atomic E-state index is 10.9. The molecule has 1 radical (unpaired) electrons. The van der Waals surface area contributed by atoms with Crippen molar-refractivity contribution in [2.24, 2.45) is 0 Å². The van der Waals surface area contributed by atoms with Crippen LogP contribution in [0.2, 0.25) is 0 Å². The van der Waals surface area contributed by atoms with Crippen LogP contribution in [-0.2, 0) is 4.74 Å². The van der Waals surface area contributed by atoms with Crippen LogP contribution < -0.4 is 5.73 Å². The first-order chi connectivity index (χ1) is 5.25. The number of carbonyl (C=O) groups excluding carboxylic acids is 1. The molecule has 57 valence electrons. The Kier molecular flexibility index (Phi) is 2.11. The fraction of sp³-hybridized carbons (Fsp3) is 0.125. The molecule has 0 bridgehead atoms.